The highest BCUT2D eigenvalue weighted by Gasteiger charge is 2.28. The summed E-state index contributed by atoms with van der Waals surface area (Å²) < 4.78 is 33.5. The Morgan fingerprint density at radius 2 is 1.76 bits per heavy atom. The van der Waals surface area contributed by atoms with Gasteiger partial charge in [-0.1, -0.05) is 49.3 Å². The molecule has 8 nitrogen and oxygen atoms in total. The van der Waals surface area contributed by atoms with Gasteiger partial charge in [-0.15, -0.1) is 16.9 Å². The van der Waals surface area contributed by atoms with Crippen molar-refractivity contribution < 1.29 is 17.6 Å². The number of fused-ring (bicyclic) bond motifs is 1. The number of hydrogen-bond acceptors (Lipinski definition) is 7. The minimum absolute atomic E-state index is 0.0365. The molecule has 5 rings (SSSR count). The molecule has 190 valence electrons. The van der Waals surface area contributed by atoms with Crippen molar-refractivity contribution >= 4 is 33.7 Å². The predicted molar refractivity (Wildman–Crippen MR) is 143 cm³/mol. The number of nitrogens with one attached hydrogen (secondary N) is 1. The fourth-order valence-corrected chi connectivity index (χ4v) is 6.45. The van der Waals surface area contributed by atoms with Crippen LogP contribution in [0.4, 0.5) is 6.01 Å². The van der Waals surface area contributed by atoms with Gasteiger partial charge in [0, 0.05) is 34.4 Å². The summed E-state index contributed by atoms with van der Waals surface area (Å²) in [7, 11) is -3.69. The molecule has 1 aliphatic rings. The van der Waals surface area contributed by atoms with Crippen LogP contribution in [0.25, 0.3) is 11.5 Å². The Bertz CT molecular complexity index is 1530. The van der Waals surface area contributed by atoms with Crippen LogP contribution in [0.2, 0.25) is 0 Å². The number of hydrogen-bond donors (Lipinski definition) is 1. The summed E-state index contributed by atoms with van der Waals surface area (Å²) in [6, 6.07) is 21.4. The van der Waals surface area contributed by atoms with Crippen molar-refractivity contribution in [2.45, 2.75) is 41.9 Å². The predicted octanol–water partition coefficient (Wildman–Crippen LogP) is 5.24. The minimum Gasteiger partial charge on any atom is -0.403 e. The van der Waals surface area contributed by atoms with E-state index in [0.29, 0.717) is 30.7 Å². The van der Waals surface area contributed by atoms with Crippen molar-refractivity contribution in [3.63, 3.8) is 0 Å². The lowest BCUT2D eigenvalue weighted by Gasteiger charge is -2.28. The highest BCUT2D eigenvalue weighted by Crippen LogP contribution is 2.29. The first-order chi connectivity index (χ1) is 17.8. The minimum atomic E-state index is -3.69. The summed E-state index contributed by atoms with van der Waals surface area (Å²) in [5.74, 6) is -0.179. The van der Waals surface area contributed by atoms with Crippen LogP contribution in [0.15, 0.2) is 87.0 Å². The standard InChI is InChI=1S/C27H26N4O4S2/c1-18(2)36-23-9-5-8-21(16-23)26-29-30-27(35-26)28-25(32)20-10-12-24(13-11-20)37(33,34)31-15-14-19-6-3-4-7-22(19)17-31/h3-13,16,18H,14-15,17H2,1-2H3,(H,28,30,32). The van der Waals surface area contributed by atoms with E-state index in [1.807, 2.05) is 48.5 Å². The Morgan fingerprint density at radius 1 is 1.00 bits per heavy atom. The average molecular weight is 535 g/mol. The summed E-state index contributed by atoms with van der Waals surface area (Å²) in [5.41, 5.74) is 3.22. The number of nitrogens with zero attached hydrogens (tertiary/aromatic N) is 3. The van der Waals surface area contributed by atoms with Gasteiger partial charge in [0.2, 0.25) is 15.9 Å². The molecule has 10 heteroatoms. The number of carbonyl (C=O) groups excluding carboxylic acids is 1. The molecule has 0 atom stereocenters. The van der Waals surface area contributed by atoms with E-state index in [2.05, 4.69) is 29.4 Å². The monoisotopic (exact) mass is 534 g/mol. The number of carbonyl (C=O) groups is 1. The van der Waals surface area contributed by atoms with Crippen molar-refractivity contribution in [2.75, 3.05) is 11.9 Å². The molecule has 0 fully saturated rings. The molecule has 0 bridgehead atoms. The maximum atomic E-state index is 13.2. The molecule has 1 aromatic heterocycles. The summed E-state index contributed by atoms with van der Waals surface area (Å²) in [4.78, 5) is 14.0. The molecule has 4 aromatic rings. The number of benzene rings is 3. The van der Waals surface area contributed by atoms with E-state index in [1.54, 1.807) is 11.8 Å². The first kappa shape index (κ1) is 25.2. The van der Waals surface area contributed by atoms with E-state index in [1.165, 1.54) is 34.1 Å². The Hall–Kier alpha value is -3.47. The van der Waals surface area contributed by atoms with Crippen molar-refractivity contribution in [1.82, 2.24) is 14.5 Å². The number of rotatable bonds is 7. The zero-order valence-corrected chi connectivity index (χ0v) is 22.1. The van der Waals surface area contributed by atoms with E-state index in [0.717, 1.165) is 16.0 Å². The molecule has 2 heterocycles. The van der Waals surface area contributed by atoms with Crippen LogP contribution in [0.3, 0.4) is 0 Å². The normalized spacial score (nSPS) is 13.9. The number of amides is 1. The number of sulfonamides is 1. The summed E-state index contributed by atoms with van der Waals surface area (Å²) in [5, 5.41) is 11.0. The number of anilines is 1. The largest absolute Gasteiger partial charge is 0.403 e. The second kappa shape index (κ2) is 10.5. The smallest absolute Gasteiger partial charge is 0.322 e. The van der Waals surface area contributed by atoms with E-state index >= 15 is 0 Å². The van der Waals surface area contributed by atoms with Gasteiger partial charge in [0.15, 0.2) is 0 Å². The SMILES string of the molecule is CC(C)Sc1cccc(-c2nnc(NC(=O)c3ccc(S(=O)(=O)N4CCc5ccccc5C4)cc3)o2)c1. The first-order valence-electron chi connectivity index (χ1n) is 11.9. The van der Waals surface area contributed by atoms with E-state index in [9.17, 15) is 13.2 Å². The maximum Gasteiger partial charge on any atom is 0.322 e. The molecule has 0 saturated carbocycles. The molecular weight excluding hydrogens is 508 g/mol. The summed E-state index contributed by atoms with van der Waals surface area (Å²) >= 11 is 1.73. The van der Waals surface area contributed by atoms with Gasteiger partial charge in [0.25, 0.3) is 5.91 Å². The van der Waals surface area contributed by atoms with Crippen LogP contribution in [-0.2, 0) is 23.0 Å². The molecule has 0 unspecified atom stereocenters. The second-order valence-electron chi connectivity index (χ2n) is 8.94. The lowest BCUT2D eigenvalue weighted by molar-refractivity contribution is 0.102. The lowest BCUT2D eigenvalue weighted by Crippen LogP contribution is -2.35. The molecule has 0 spiro atoms. The van der Waals surface area contributed by atoms with Crippen LogP contribution < -0.4 is 5.32 Å². The quantitative estimate of drug-likeness (QED) is 0.323. The van der Waals surface area contributed by atoms with Crippen LogP contribution in [0.5, 0.6) is 0 Å². The average Bonchev–Trinajstić information content (AvgIpc) is 3.37. The van der Waals surface area contributed by atoms with Gasteiger partial charge in [0.1, 0.15) is 0 Å². The molecule has 1 amide bonds. The molecule has 1 N–H and O–H groups in total. The third-order valence-electron chi connectivity index (χ3n) is 5.95. The zero-order chi connectivity index (χ0) is 26.0. The van der Waals surface area contributed by atoms with Crippen LogP contribution in [-0.4, -0.2) is 40.6 Å². The Labute approximate surface area is 220 Å². The van der Waals surface area contributed by atoms with Gasteiger partial charge in [-0.3, -0.25) is 10.1 Å². The molecular formula is C27H26N4O4S2. The van der Waals surface area contributed by atoms with Crippen molar-refractivity contribution in [3.05, 3.63) is 89.5 Å². The molecule has 0 radical (unpaired) electrons. The first-order valence-corrected chi connectivity index (χ1v) is 14.2. The Kier molecular flexibility index (Phi) is 7.14. The fourth-order valence-electron chi connectivity index (χ4n) is 4.14. The van der Waals surface area contributed by atoms with Gasteiger partial charge in [-0.05, 0) is 60.0 Å². The Morgan fingerprint density at radius 3 is 2.51 bits per heavy atom. The molecule has 0 aliphatic carbocycles. The topological polar surface area (TPSA) is 105 Å². The number of aromatic nitrogens is 2. The highest BCUT2D eigenvalue weighted by molar-refractivity contribution is 7.99. The Balaban J connectivity index is 1.26. The molecule has 3 aromatic carbocycles. The van der Waals surface area contributed by atoms with Gasteiger partial charge in [-0.25, -0.2) is 8.42 Å². The van der Waals surface area contributed by atoms with Crippen molar-refractivity contribution in [1.29, 1.82) is 0 Å². The number of thioether (sulfide) groups is 1. The van der Waals surface area contributed by atoms with Crippen molar-refractivity contribution in [2.24, 2.45) is 0 Å². The van der Waals surface area contributed by atoms with E-state index in [4.69, 9.17) is 4.42 Å². The van der Waals surface area contributed by atoms with Crippen LogP contribution >= 0.6 is 11.8 Å². The third kappa shape index (κ3) is 5.61. The van der Waals surface area contributed by atoms with Gasteiger partial charge in [0.05, 0.1) is 4.90 Å². The molecule has 37 heavy (non-hydrogen) atoms. The third-order valence-corrected chi connectivity index (χ3v) is 8.81. The van der Waals surface area contributed by atoms with E-state index in [-0.39, 0.29) is 16.5 Å². The summed E-state index contributed by atoms with van der Waals surface area (Å²) in [6.07, 6.45) is 0.670. The maximum absolute atomic E-state index is 13.2. The molecule has 0 saturated heterocycles. The second-order valence-corrected chi connectivity index (χ2v) is 12.5. The van der Waals surface area contributed by atoms with Crippen LogP contribution in [0, 0.1) is 0 Å². The van der Waals surface area contributed by atoms with Gasteiger partial charge < -0.3 is 4.42 Å². The lowest BCUT2D eigenvalue weighted by atomic mass is 10.0. The van der Waals surface area contributed by atoms with Crippen molar-refractivity contribution in [3.8, 4) is 11.5 Å². The van der Waals surface area contributed by atoms with Gasteiger partial charge >= 0.3 is 6.01 Å². The van der Waals surface area contributed by atoms with Gasteiger partial charge in [-0.2, -0.15) is 4.31 Å². The fraction of sp³-hybridized carbons (Fsp3) is 0.222. The van der Waals surface area contributed by atoms with E-state index < -0.39 is 15.9 Å². The zero-order valence-electron chi connectivity index (χ0n) is 20.4. The molecule has 1 aliphatic heterocycles. The summed E-state index contributed by atoms with van der Waals surface area (Å²) in [6.45, 7) is 4.98. The van der Waals surface area contributed by atoms with Crippen LogP contribution in [0.1, 0.15) is 35.3 Å². The highest BCUT2D eigenvalue weighted by atomic mass is 32.2.